The van der Waals surface area contributed by atoms with E-state index in [1.165, 1.54) is 6.42 Å². The number of hydrogen-bond donors (Lipinski definition) is 1. The Balaban J connectivity index is 1.67. The second-order valence-corrected chi connectivity index (χ2v) is 7.49. The minimum absolute atomic E-state index is 0.0185. The number of carbonyl (C=O) groups excluding carboxylic acids is 1. The lowest BCUT2D eigenvalue weighted by Gasteiger charge is -2.35. The lowest BCUT2D eigenvalue weighted by molar-refractivity contribution is 0.0601. The first-order chi connectivity index (χ1) is 13.1. The molecule has 0 radical (unpaired) electrons. The van der Waals surface area contributed by atoms with Crippen LogP contribution in [0.4, 0.5) is 5.82 Å². The van der Waals surface area contributed by atoms with E-state index in [1.807, 2.05) is 30.0 Å². The van der Waals surface area contributed by atoms with Crippen molar-refractivity contribution in [2.24, 2.45) is 0 Å². The number of halogens is 1. The number of nitrogens with zero attached hydrogens (tertiary/aromatic N) is 3. The Hall–Kier alpha value is -2.14. The van der Waals surface area contributed by atoms with Crippen LogP contribution in [0.1, 0.15) is 54.5 Å². The standard InChI is InChI=1S/C21H27ClN4O/c1-3-18-9-4-5-12-26(18)21(27)19-14-20(25-15(2)24-19)23-11-10-16-7-6-8-17(22)13-16/h6-8,13-14,18H,3-5,9-12H2,1-2H3,(H,23,24,25). The molecule has 1 aromatic carbocycles. The summed E-state index contributed by atoms with van der Waals surface area (Å²) in [5.74, 6) is 1.32. The Morgan fingerprint density at radius 2 is 2.15 bits per heavy atom. The summed E-state index contributed by atoms with van der Waals surface area (Å²) in [6, 6.07) is 9.93. The highest BCUT2D eigenvalue weighted by Crippen LogP contribution is 2.22. The first kappa shape index (κ1) is 19.6. The number of piperidine rings is 1. The number of aryl methyl sites for hydroxylation is 1. The quantitative estimate of drug-likeness (QED) is 0.794. The maximum atomic E-state index is 13.0. The Labute approximate surface area is 166 Å². The van der Waals surface area contributed by atoms with Gasteiger partial charge < -0.3 is 10.2 Å². The molecule has 0 saturated carbocycles. The molecule has 1 aliphatic heterocycles. The third kappa shape index (κ3) is 5.19. The summed E-state index contributed by atoms with van der Waals surface area (Å²) in [4.78, 5) is 23.8. The molecule has 1 amide bonds. The van der Waals surface area contributed by atoms with E-state index in [4.69, 9.17) is 11.6 Å². The van der Waals surface area contributed by atoms with Crippen LogP contribution in [-0.2, 0) is 6.42 Å². The molecule has 2 heterocycles. The molecule has 1 unspecified atom stereocenters. The van der Waals surface area contributed by atoms with E-state index in [0.29, 0.717) is 29.9 Å². The lowest BCUT2D eigenvalue weighted by Crippen LogP contribution is -2.43. The van der Waals surface area contributed by atoms with Gasteiger partial charge in [-0.15, -0.1) is 0 Å². The molecular weight excluding hydrogens is 360 g/mol. The molecule has 0 bridgehead atoms. The third-order valence-electron chi connectivity index (χ3n) is 5.03. The highest BCUT2D eigenvalue weighted by molar-refractivity contribution is 6.30. The molecule has 27 heavy (non-hydrogen) atoms. The first-order valence-corrected chi connectivity index (χ1v) is 10.1. The van der Waals surface area contributed by atoms with Crippen molar-refractivity contribution in [1.29, 1.82) is 0 Å². The van der Waals surface area contributed by atoms with E-state index in [9.17, 15) is 4.79 Å². The fraction of sp³-hybridized carbons (Fsp3) is 0.476. The minimum Gasteiger partial charge on any atom is -0.370 e. The van der Waals surface area contributed by atoms with Crippen LogP contribution in [0.3, 0.4) is 0 Å². The summed E-state index contributed by atoms with van der Waals surface area (Å²) >= 11 is 6.03. The van der Waals surface area contributed by atoms with Crippen molar-refractivity contribution in [3.05, 3.63) is 52.4 Å². The molecule has 144 valence electrons. The van der Waals surface area contributed by atoms with E-state index in [0.717, 1.165) is 42.8 Å². The Morgan fingerprint density at radius 3 is 2.93 bits per heavy atom. The van der Waals surface area contributed by atoms with Gasteiger partial charge in [-0.25, -0.2) is 9.97 Å². The van der Waals surface area contributed by atoms with Gasteiger partial charge in [-0.1, -0.05) is 30.7 Å². The van der Waals surface area contributed by atoms with Gasteiger partial charge in [0.1, 0.15) is 17.3 Å². The number of anilines is 1. The summed E-state index contributed by atoms with van der Waals surface area (Å²) in [5, 5.41) is 4.05. The summed E-state index contributed by atoms with van der Waals surface area (Å²) in [6.07, 6.45) is 5.16. The lowest BCUT2D eigenvalue weighted by atomic mass is 9.99. The first-order valence-electron chi connectivity index (χ1n) is 9.71. The fourth-order valence-corrected chi connectivity index (χ4v) is 3.85. The van der Waals surface area contributed by atoms with Crippen molar-refractivity contribution < 1.29 is 4.79 Å². The Bertz CT molecular complexity index is 796. The van der Waals surface area contributed by atoms with Crippen molar-refractivity contribution in [2.45, 2.75) is 52.0 Å². The van der Waals surface area contributed by atoms with Gasteiger partial charge in [-0.05, 0) is 56.7 Å². The summed E-state index contributed by atoms with van der Waals surface area (Å²) < 4.78 is 0. The van der Waals surface area contributed by atoms with Gasteiger partial charge >= 0.3 is 0 Å². The number of aromatic nitrogens is 2. The van der Waals surface area contributed by atoms with E-state index in [1.54, 1.807) is 6.07 Å². The predicted molar refractivity (Wildman–Crippen MR) is 109 cm³/mol. The molecule has 1 N–H and O–H groups in total. The Kier molecular flexibility index (Phi) is 6.67. The van der Waals surface area contributed by atoms with Crippen molar-refractivity contribution in [1.82, 2.24) is 14.9 Å². The van der Waals surface area contributed by atoms with E-state index >= 15 is 0 Å². The molecule has 5 nitrogen and oxygen atoms in total. The van der Waals surface area contributed by atoms with Gasteiger partial charge in [-0.3, -0.25) is 4.79 Å². The average molecular weight is 387 g/mol. The number of hydrogen-bond acceptors (Lipinski definition) is 4. The van der Waals surface area contributed by atoms with Crippen LogP contribution in [0, 0.1) is 6.92 Å². The molecule has 3 rings (SSSR count). The number of amides is 1. The molecule has 1 aromatic heterocycles. The summed E-state index contributed by atoms with van der Waals surface area (Å²) in [6.45, 7) is 5.50. The summed E-state index contributed by atoms with van der Waals surface area (Å²) in [5.41, 5.74) is 1.64. The largest absolute Gasteiger partial charge is 0.370 e. The highest BCUT2D eigenvalue weighted by atomic mass is 35.5. The zero-order chi connectivity index (χ0) is 19.2. The van der Waals surface area contributed by atoms with Crippen molar-refractivity contribution in [2.75, 3.05) is 18.4 Å². The Morgan fingerprint density at radius 1 is 1.30 bits per heavy atom. The average Bonchev–Trinajstić information content (AvgIpc) is 2.67. The molecule has 1 saturated heterocycles. The molecule has 1 aliphatic rings. The van der Waals surface area contributed by atoms with Gasteiger partial charge in [0.25, 0.3) is 5.91 Å². The molecule has 2 aromatic rings. The van der Waals surface area contributed by atoms with E-state index in [2.05, 4.69) is 28.3 Å². The van der Waals surface area contributed by atoms with Crippen molar-refractivity contribution in [3.8, 4) is 0 Å². The zero-order valence-corrected chi connectivity index (χ0v) is 16.8. The number of nitrogens with one attached hydrogen (secondary N) is 1. The van der Waals surface area contributed by atoms with Gasteiger partial charge in [0.15, 0.2) is 0 Å². The molecule has 1 atom stereocenters. The van der Waals surface area contributed by atoms with Gasteiger partial charge in [0.05, 0.1) is 0 Å². The molecule has 1 fully saturated rings. The van der Waals surface area contributed by atoms with Gasteiger partial charge in [0, 0.05) is 30.2 Å². The fourth-order valence-electron chi connectivity index (χ4n) is 3.63. The topological polar surface area (TPSA) is 58.1 Å². The molecule has 0 spiro atoms. The van der Waals surface area contributed by atoms with Gasteiger partial charge in [0.2, 0.25) is 0 Å². The normalized spacial score (nSPS) is 17.0. The van der Waals surface area contributed by atoms with Crippen molar-refractivity contribution >= 4 is 23.3 Å². The monoisotopic (exact) mass is 386 g/mol. The molecule has 6 heteroatoms. The minimum atomic E-state index is 0.0185. The van der Waals surface area contributed by atoms with Crippen LogP contribution in [0.5, 0.6) is 0 Å². The zero-order valence-electron chi connectivity index (χ0n) is 16.0. The second kappa shape index (κ2) is 9.18. The van der Waals surface area contributed by atoms with E-state index < -0.39 is 0 Å². The predicted octanol–water partition coefficient (Wildman–Crippen LogP) is 4.50. The number of carbonyl (C=O) groups is 1. The SMILES string of the molecule is CCC1CCCCN1C(=O)c1cc(NCCc2cccc(Cl)c2)nc(C)n1. The van der Waals surface area contributed by atoms with Crippen LogP contribution < -0.4 is 5.32 Å². The van der Waals surface area contributed by atoms with E-state index in [-0.39, 0.29) is 5.91 Å². The van der Waals surface area contributed by atoms with Gasteiger partial charge in [-0.2, -0.15) is 0 Å². The second-order valence-electron chi connectivity index (χ2n) is 7.05. The van der Waals surface area contributed by atoms with Crippen molar-refractivity contribution in [3.63, 3.8) is 0 Å². The highest BCUT2D eigenvalue weighted by Gasteiger charge is 2.27. The number of likely N-dealkylation sites (tertiary alicyclic amines) is 1. The maximum Gasteiger partial charge on any atom is 0.272 e. The maximum absolute atomic E-state index is 13.0. The van der Waals surface area contributed by atoms with Crippen LogP contribution in [0.2, 0.25) is 5.02 Å². The van der Waals surface area contributed by atoms with Crippen LogP contribution >= 0.6 is 11.6 Å². The molecular formula is C21H27ClN4O. The smallest absolute Gasteiger partial charge is 0.272 e. The third-order valence-corrected chi connectivity index (χ3v) is 5.26. The van der Waals surface area contributed by atoms with Crippen LogP contribution in [0.15, 0.2) is 30.3 Å². The summed E-state index contributed by atoms with van der Waals surface area (Å²) in [7, 11) is 0. The van der Waals surface area contributed by atoms with Crippen LogP contribution in [0.25, 0.3) is 0 Å². The number of rotatable bonds is 6. The number of benzene rings is 1. The van der Waals surface area contributed by atoms with Crippen LogP contribution in [-0.4, -0.2) is 39.9 Å². The molecule has 0 aliphatic carbocycles.